The van der Waals surface area contributed by atoms with Gasteiger partial charge in [-0.25, -0.2) is 0 Å². The van der Waals surface area contributed by atoms with Crippen LogP contribution < -0.4 is 0 Å². The average molecular weight is 287 g/mol. The first-order chi connectivity index (χ1) is 9.73. The number of hydrogen-bond donors (Lipinski definition) is 0. The van der Waals surface area contributed by atoms with E-state index in [-0.39, 0.29) is 5.54 Å². The van der Waals surface area contributed by atoms with E-state index in [4.69, 9.17) is 0 Å². The quantitative estimate of drug-likeness (QED) is 0.444. The second-order valence-corrected chi connectivity index (χ2v) is 6.05. The van der Waals surface area contributed by atoms with Crippen molar-refractivity contribution in [2.24, 2.45) is 0 Å². The summed E-state index contributed by atoms with van der Waals surface area (Å²) in [5.74, 6) is 0. The van der Waals surface area contributed by atoms with Crippen molar-refractivity contribution in [3.8, 4) is 0 Å². The van der Waals surface area contributed by atoms with Gasteiger partial charge in [0.05, 0.1) is 0 Å². The highest BCUT2D eigenvalue weighted by molar-refractivity contribution is 5.33. The lowest BCUT2D eigenvalue weighted by molar-refractivity contribution is 0.169. The van der Waals surface area contributed by atoms with Crippen LogP contribution in [0, 0.1) is 0 Å². The van der Waals surface area contributed by atoms with Gasteiger partial charge >= 0.3 is 0 Å². The Kier molecular flexibility index (Phi) is 8.09. The normalized spacial score (nSPS) is 15.3. The predicted molar refractivity (Wildman–Crippen MR) is 97.1 cm³/mol. The molecule has 0 heterocycles. The van der Waals surface area contributed by atoms with E-state index in [1.54, 1.807) is 6.08 Å². The summed E-state index contributed by atoms with van der Waals surface area (Å²) < 4.78 is 0. The second kappa shape index (κ2) is 8.71. The van der Waals surface area contributed by atoms with E-state index in [2.05, 4.69) is 72.3 Å². The van der Waals surface area contributed by atoms with Gasteiger partial charge in [0.1, 0.15) is 0 Å². The lowest BCUT2D eigenvalue weighted by Crippen LogP contribution is -2.43. The van der Waals surface area contributed by atoms with E-state index in [0.717, 1.165) is 24.1 Å². The van der Waals surface area contributed by atoms with Crippen LogP contribution in [-0.2, 0) is 0 Å². The van der Waals surface area contributed by atoms with Crippen LogP contribution in [0.5, 0.6) is 0 Å². The molecule has 0 rings (SSSR count). The minimum Gasteiger partial charge on any atom is -0.344 e. The van der Waals surface area contributed by atoms with Gasteiger partial charge in [0.15, 0.2) is 0 Å². The Labute approximate surface area is 132 Å². The van der Waals surface area contributed by atoms with Crippen LogP contribution in [0.1, 0.15) is 60.8 Å². The summed E-state index contributed by atoms with van der Waals surface area (Å²) in [6.45, 7) is 25.1. The molecule has 0 fully saturated rings. The lowest BCUT2D eigenvalue weighted by Gasteiger charge is -2.44. The molecule has 0 saturated heterocycles. The third-order valence-corrected chi connectivity index (χ3v) is 4.19. The van der Waals surface area contributed by atoms with Crippen molar-refractivity contribution < 1.29 is 0 Å². The summed E-state index contributed by atoms with van der Waals surface area (Å²) in [7, 11) is 0. The van der Waals surface area contributed by atoms with Gasteiger partial charge in [-0.2, -0.15) is 0 Å². The van der Waals surface area contributed by atoms with Crippen molar-refractivity contribution in [3.63, 3.8) is 0 Å². The number of hydrogen-bond acceptors (Lipinski definition) is 1. The van der Waals surface area contributed by atoms with E-state index >= 15 is 0 Å². The molecule has 0 aromatic rings. The Balaban J connectivity index is 5.65. The molecule has 0 aliphatic carbocycles. The molecule has 1 nitrogen and oxygen atoms in total. The molecule has 0 aromatic heterocycles. The fourth-order valence-corrected chi connectivity index (χ4v) is 2.73. The molecule has 118 valence electrons. The summed E-state index contributed by atoms with van der Waals surface area (Å²) in [5.41, 5.74) is 4.64. The van der Waals surface area contributed by atoms with Crippen molar-refractivity contribution in [2.45, 2.75) is 66.3 Å². The van der Waals surface area contributed by atoms with Crippen LogP contribution in [-0.4, -0.2) is 10.4 Å². The fourth-order valence-electron chi connectivity index (χ4n) is 2.73. The van der Waals surface area contributed by atoms with Gasteiger partial charge in [-0.05, 0) is 51.7 Å². The van der Waals surface area contributed by atoms with Gasteiger partial charge in [0, 0.05) is 16.9 Å². The number of rotatable bonds is 9. The van der Waals surface area contributed by atoms with Crippen molar-refractivity contribution in [1.29, 1.82) is 0 Å². The van der Waals surface area contributed by atoms with E-state index in [1.165, 1.54) is 17.7 Å². The van der Waals surface area contributed by atoms with E-state index in [1.807, 2.05) is 6.08 Å². The smallest absolute Gasteiger partial charge is 0.0414 e. The van der Waals surface area contributed by atoms with Crippen molar-refractivity contribution in [2.75, 3.05) is 0 Å². The molecule has 21 heavy (non-hydrogen) atoms. The highest BCUT2D eigenvalue weighted by Crippen LogP contribution is 2.33. The summed E-state index contributed by atoms with van der Waals surface area (Å²) >= 11 is 0. The van der Waals surface area contributed by atoms with E-state index < -0.39 is 0 Å². The largest absolute Gasteiger partial charge is 0.344 e. The van der Waals surface area contributed by atoms with Crippen LogP contribution in [0.3, 0.4) is 0 Å². The molecule has 0 amide bonds. The van der Waals surface area contributed by atoms with Gasteiger partial charge in [0.25, 0.3) is 0 Å². The van der Waals surface area contributed by atoms with Gasteiger partial charge in [0.2, 0.25) is 0 Å². The number of nitrogens with zero attached hydrogens (tertiary/aromatic N) is 1. The van der Waals surface area contributed by atoms with Crippen LogP contribution in [0.15, 0.2) is 60.5 Å². The van der Waals surface area contributed by atoms with Gasteiger partial charge in [-0.1, -0.05) is 58.2 Å². The first kappa shape index (κ1) is 19.5. The molecule has 0 bridgehead atoms. The third kappa shape index (κ3) is 5.41. The topological polar surface area (TPSA) is 3.24 Å². The SMILES string of the molecule is C=CC(=C)/C=C\C(C)=C(/C)N(C(=C)C)C(C)(CC)CCC. The van der Waals surface area contributed by atoms with Gasteiger partial charge < -0.3 is 4.90 Å². The van der Waals surface area contributed by atoms with Crippen LogP contribution >= 0.6 is 0 Å². The second-order valence-electron chi connectivity index (χ2n) is 6.05. The minimum absolute atomic E-state index is 0.120. The van der Waals surface area contributed by atoms with Gasteiger partial charge in [-0.15, -0.1) is 0 Å². The molecule has 1 heteroatoms. The Morgan fingerprint density at radius 3 is 2.05 bits per heavy atom. The molecule has 0 N–H and O–H groups in total. The molecule has 1 atom stereocenters. The van der Waals surface area contributed by atoms with E-state index in [0.29, 0.717) is 0 Å². The van der Waals surface area contributed by atoms with Crippen molar-refractivity contribution in [3.05, 3.63) is 60.5 Å². The zero-order valence-electron chi connectivity index (χ0n) is 14.9. The molecule has 0 aliphatic heterocycles. The van der Waals surface area contributed by atoms with Crippen LogP contribution in [0.4, 0.5) is 0 Å². The zero-order valence-corrected chi connectivity index (χ0v) is 14.9. The Morgan fingerprint density at radius 2 is 1.67 bits per heavy atom. The lowest BCUT2D eigenvalue weighted by atomic mass is 9.89. The first-order valence-corrected chi connectivity index (χ1v) is 7.86. The van der Waals surface area contributed by atoms with Crippen molar-refractivity contribution in [1.82, 2.24) is 4.90 Å². The molecular formula is C20H33N. The summed E-state index contributed by atoms with van der Waals surface area (Å²) in [4.78, 5) is 2.40. The maximum Gasteiger partial charge on any atom is 0.0414 e. The van der Waals surface area contributed by atoms with Crippen LogP contribution in [0.2, 0.25) is 0 Å². The first-order valence-electron chi connectivity index (χ1n) is 7.86. The molecule has 0 aromatic carbocycles. The summed E-state index contributed by atoms with van der Waals surface area (Å²) in [6, 6.07) is 0. The molecule has 1 unspecified atom stereocenters. The minimum atomic E-state index is 0.120. The summed E-state index contributed by atoms with van der Waals surface area (Å²) in [6.07, 6.45) is 9.31. The molecule has 0 spiro atoms. The Morgan fingerprint density at radius 1 is 1.10 bits per heavy atom. The maximum absolute atomic E-state index is 4.20. The van der Waals surface area contributed by atoms with Crippen molar-refractivity contribution >= 4 is 0 Å². The highest BCUT2D eigenvalue weighted by atomic mass is 15.2. The Hall–Kier alpha value is -1.50. The summed E-state index contributed by atoms with van der Waals surface area (Å²) in [5, 5.41) is 0. The standard InChI is InChI=1S/C20H33N/c1-10-15-20(9,12-3)21(16(4)5)19(8)18(7)14-13-17(6)11-2/h11,13-14H,2,4,6,10,12,15H2,1,3,5,7-9H3/b14-13-,19-18+. The monoisotopic (exact) mass is 287 g/mol. The molecule has 0 radical (unpaired) electrons. The predicted octanol–water partition coefficient (Wildman–Crippen LogP) is 6.38. The third-order valence-electron chi connectivity index (χ3n) is 4.19. The van der Waals surface area contributed by atoms with Gasteiger partial charge in [-0.3, -0.25) is 0 Å². The number of allylic oxidation sites excluding steroid dienone is 7. The molecular weight excluding hydrogens is 254 g/mol. The highest BCUT2D eigenvalue weighted by Gasteiger charge is 2.30. The van der Waals surface area contributed by atoms with Crippen LogP contribution in [0.25, 0.3) is 0 Å². The van der Waals surface area contributed by atoms with E-state index in [9.17, 15) is 0 Å². The zero-order chi connectivity index (χ0) is 16.6. The fraction of sp³-hybridized carbons (Fsp3) is 0.500. The molecule has 0 saturated carbocycles. The average Bonchev–Trinajstić information content (AvgIpc) is 2.43. The Bertz CT molecular complexity index is 450. The molecule has 0 aliphatic rings. The maximum atomic E-state index is 4.20.